The van der Waals surface area contributed by atoms with Gasteiger partial charge in [-0.3, -0.25) is 0 Å². The van der Waals surface area contributed by atoms with Crippen molar-refractivity contribution in [3.63, 3.8) is 0 Å². The first-order chi connectivity index (χ1) is 7.77. The smallest absolute Gasteiger partial charge is 0.127 e. The van der Waals surface area contributed by atoms with Crippen LogP contribution in [0.5, 0.6) is 0 Å². The third-order valence-electron chi connectivity index (χ3n) is 3.68. The molecule has 1 aromatic carbocycles. The molecule has 0 amide bonds. The van der Waals surface area contributed by atoms with Gasteiger partial charge in [-0.05, 0) is 31.7 Å². The molecule has 1 aliphatic carbocycles. The van der Waals surface area contributed by atoms with Crippen LogP contribution in [0.1, 0.15) is 38.2 Å². The summed E-state index contributed by atoms with van der Waals surface area (Å²) >= 11 is 0. The molecule has 1 nitrogen and oxygen atoms in total. The molecular weight excluding hydrogens is 201 g/mol. The summed E-state index contributed by atoms with van der Waals surface area (Å²) in [5, 5.41) is 3.44. The first kappa shape index (κ1) is 11.6. The fraction of sp³-hybridized carbons (Fsp3) is 0.571. The topological polar surface area (TPSA) is 12.0 Å². The molecule has 1 aromatic rings. The van der Waals surface area contributed by atoms with Crippen LogP contribution < -0.4 is 5.32 Å². The minimum Gasteiger partial charge on any atom is -0.310 e. The lowest BCUT2D eigenvalue weighted by Crippen LogP contribution is -2.31. The Hall–Kier alpha value is -0.890. The van der Waals surface area contributed by atoms with Gasteiger partial charge < -0.3 is 5.32 Å². The van der Waals surface area contributed by atoms with Crippen LogP contribution in [0, 0.1) is 11.7 Å². The van der Waals surface area contributed by atoms with Gasteiger partial charge in [-0.1, -0.05) is 31.0 Å². The van der Waals surface area contributed by atoms with Crippen LogP contribution >= 0.6 is 0 Å². The maximum atomic E-state index is 13.4. The Morgan fingerprint density at radius 2 is 2.00 bits per heavy atom. The van der Waals surface area contributed by atoms with Crippen molar-refractivity contribution in [2.75, 3.05) is 0 Å². The highest BCUT2D eigenvalue weighted by molar-refractivity contribution is 5.17. The summed E-state index contributed by atoms with van der Waals surface area (Å²) in [4.78, 5) is 0. The minimum atomic E-state index is -0.103. The lowest BCUT2D eigenvalue weighted by molar-refractivity contribution is 0.378. The van der Waals surface area contributed by atoms with Crippen molar-refractivity contribution in [2.24, 2.45) is 5.92 Å². The Bertz CT molecular complexity index is 331. The van der Waals surface area contributed by atoms with Gasteiger partial charge in [0.25, 0.3) is 0 Å². The van der Waals surface area contributed by atoms with Crippen molar-refractivity contribution in [3.8, 4) is 0 Å². The van der Waals surface area contributed by atoms with Crippen molar-refractivity contribution < 1.29 is 4.39 Å². The molecule has 1 atom stereocenters. The predicted molar refractivity (Wildman–Crippen MR) is 64.7 cm³/mol. The van der Waals surface area contributed by atoms with Gasteiger partial charge >= 0.3 is 0 Å². The molecule has 88 valence electrons. The van der Waals surface area contributed by atoms with Gasteiger partial charge in [-0.2, -0.15) is 0 Å². The van der Waals surface area contributed by atoms with Crippen molar-refractivity contribution in [3.05, 3.63) is 35.6 Å². The average Bonchev–Trinajstić information content (AvgIpc) is 2.81. The van der Waals surface area contributed by atoms with E-state index in [0.717, 1.165) is 11.5 Å². The van der Waals surface area contributed by atoms with Gasteiger partial charge in [0.2, 0.25) is 0 Å². The summed E-state index contributed by atoms with van der Waals surface area (Å²) in [5.41, 5.74) is 0.771. The molecule has 1 N–H and O–H groups in total. The molecule has 1 aliphatic rings. The van der Waals surface area contributed by atoms with Crippen LogP contribution in [0.25, 0.3) is 0 Å². The molecule has 0 unspecified atom stereocenters. The number of halogens is 1. The van der Waals surface area contributed by atoms with Crippen LogP contribution in [0.3, 0.4) is 0 Å². The zero-order chi connectivity index (χ0) is 11.4. The van der Waals surface area contributed by atoms with Crippen LogP contribution in [0.4, 0.5) is 4.39 Å². The predicted octanol–water partition coefficient (Wildman–Crippen LogP) is 3.49. The van der Waals surface area contributed by atoms with Crippen molar-refractivity contribution in [1.29, 1.82) is 0 Å². The Morgan fingerprint density at radius 1 is 1.31 bits per heavy atom. The fourth-order valence-electron chi connectivity index (χ4n) is 2.54. The van der Waals surface area contributed by atoms with E-state index in [-0.39, 0.29) is 5.82 Å². The van der Waals surface area contributed by atoms with Crippen LogP contribution in [0.2, 0.25) is 0 Å². The summed E-state index contributed by atoms with van der Waals surface area (Å²) in [7, 11) is 0. The molecule has 0 radical (unpaired) electrons. The number of hydrogen-bond donors (Lipinski definition) is 1. The summed E-state index contributed by atoms with van der Waals surface area (Å²) in [5.74, 6) is 0.681. The monoisotopic (exact) mass is 221 g/mol. The maximum Gasteiger partial charge on any atom is 0.127 e. The number of rotatable bonds is 4. The summed E-state index contributed by atoms with van der Waals surface area (Å²) in [6, 6.07) is 7.50. The third-order valence-corrected chi connectivity index (χ3v) is 3.68. The fourth-order valence-corrected chi connectivity index (χ4v) is 2.54. The first-order valence-electron chi connectivity index (χ1n) is 6.24. The Morgan fingerprint density at radius 3 is 2.69 bits per heavy atom. The molecular formula is C14H20FN. The maximum absolute atomic E-state index is 13.4. The molecule has 0 heterocycles. The van der Waals surface area contributed by atoms with Gasteiger partial charge in [-0.25, -0.2) is 4.39 Å². The van der Waals surface area contributed by atoms with Crippen LogP contribution in [-0.4, -0.2) is 6.04 Å². The normalized spacial score (nSPS) is 18.9. The average molecular weight is 221 g/mol. The lowest BCUT2D eigenvalue weighted by atomic mass is 9.99. The van der Waals surface area contributed by atoms with E-state index in [1.807, 2.05) is 12.1 Å². The van der Waals surface area contributed by atoms with E-state index < -0.39 is 0 Å². The zero-order valence-electron chi connectivity index (χ0n) is 9.88. The highest BCUT2D eigenvalue weighted by Crippen LogP contribution is 2.27. The summed E-state index contributed by atoms with van der Waals surface area (Å²) in [6.07, 6.45) is 5.36. The molecule has 1 fully saturated rings. The minimum absolute atomic E-state index is 0.103. The molecule has 0 aliphatic heterocycles. The highest BCUT2D eigenvalue weighted by Gasteiger charge is 2.20. The number of hydrogen-bond acceptors (Lipinski definition) is 1. The first-order valence-corrected chi connectivity index (χ1v) is 6.24. The van der Waals surface area contributed by atoms with E-state index in [1.165, 1.54) is 31.7 Å². The molecule has 16 heavy (non-hydrogen) atoms. The van der Waals surface area contributed by atoms with Gasteiger partial charge in [0.15, 0.2) is 0 Å². The molecule has 0 saturated heterocycles. The van der Waals surface area contributed by atoms with Crippen LogP contribution in [0.15, 0.2) is 24.3 Å². The van der Waals surface area contributed by atoms with Crippen molar-refractivity contribution in [1.82, 2.24) is 5.32 Å². The summed E-state index contributed by atoms with van der Waals surface area (Å²) < 4.78 is 13.4. The van der Waals surface area contributed by atoms with Crippen molar-refractivity contribution >= 4 is 0 Å². The van der Waals surface area contributed by atoms with Gasteiger partial charge in [0, 0.05) is 18.2 Å². The number of nitrogens with one attached hydrogen (secondary N) is 1. The molecule has 0 bridgehead atoms. The van der Waals surface area contributed by atoms with E-state index in [1.54, 1.807) is 6.07 Å². The van der Waals surface area contributed by atoms with Crippen molar-refractivity contribution in [2.45, 2.75) is 45.2 Å². The Kier molecular flexibility index (Phi) is 3.94. The Balaban J connectivity index is 1.84. The molecule has 0 spiro atoms. The SMILES string of the molecule is C[C@@H](NCc1ccccc1F)C1CCCC1. The van der Waals surface area contributed by atoms with Gasteiger partial charge in [0.05, 0.1) is 0 Å². The summed E-state index contributed by atoms with van der Waals surface area (Å²) in [6.45, 7) is 2.86. The highest BCUT2D eigenvalue weighted by atomic mass is 19.1. The molecule has 2 heteroatoms. The molecule has 0 aromatic heterocycles. The van der Waals surface area contributed by atoms with E-state index in [0.29, 0.717) is 12.6 Å². The third kappa shape index (κ3) is 2.82. The quantitative estimate of drug-likeness (QED) is 0.820. The molecule has 2 rings (SSSR count). The van der Waals surface area contributed by atoms with Gasteiger partial charge in [-0.15, -0.1) is 0 Å². The standard InChI is InChI=1S/C14H20FN/c1-11(12-6-2-3-7-12)16-10-13-8-4-5-9-14(13)15/h4-5,8-9,11-12,16H,2-3,6-7,10H2,1H3/t11-/m1/s1. The van der Waals surface area contributed by atoms with E-state index in [2.05, 4.69) is 12.2 Å². The van der Waals surface area contributed by atoms with E-state index in [4.69, 9.17) is 0 Å². The second-order valence-corrected chi connectivity index (χ2v) is 4.81. The van der Waals surface area contributed by atoms with E-state index >= 15 is 0 Å². The van der Waals surface area contributed by atoms with E-state index in [9.17, 15) is 4.39 Å². The second-order valence-electron chi connectivity index (χ2n) is 4.81. The van der Waals surface area contributed by atoms with Crippen LogP contribution in [-0.2, 0) is 6.54 Å². The number of benzene rings is 1. The Labute approximate surface area is 97.1 Å². The zero-order valence-corrected chi connectivity index (χ0v) is 9.88. The largest absolute Gasteiger partial charge is 0.310 e. The second kappa shape index (κ2) is 5.44. The molecule has 1 saturated carbocycles. The lowest BCUT2D eigenvalue weighted by Gasteiger charge is -2.20. The van der Waals surface area contributed by atoms with Gasteiger partial charge in [0.1, 0.15) is 5.82 Å².